The number of rotatable bonds is 2. The number of nitrogen functional groups attached to an aromatic ring is 1. The number of pyridine rings is 1. The lowest BCUT2D eigenvalue weighted by molar-refractivity contribution is 0.400. The van der Waals surface area contributed by atoms with Gasteiger partial charge in [-0.05, 0) is 6.07 Å². The van der Waals surface area contributed by atoms with Gasteiger partial charge in [0.05, 0.1) is 12.8 Å². The van der Waals surface area contributed by atoms with Gasteiger partial charge in [-0.15, -0.1) is 0 Å². The highest BCUT2D eigenvalue weighted by Crippen LogP contribution is 2.17. The molecule has 0 atom stereocenters. The Morgan fingerprint density at radius 1 is 1.64 bits per heavy atom. The van der Waals surface area contributed by atoms with E-state index in [0.29, 0.717) is 11.6 Å². The summed E-state index contributed by atoms with van der Waals surface area (Å²) in [4.78, 5) is 4.01. The first-order valence-electron chi connectivity index (χ1n) is 4.17. The Kier molecular flexibility index (Phi) is 4.14. The number of ether oxygens (including phenoxy) is 1. The minimum absolute atomic E-state index is 0.435. The number of nitrogens with two attached hydrogens (primary N) is 1. The van der Waals surface area contributed by atoms with Crippen LogP contribution in [0.15, 0.2) is 12.3 Å². The fourth-order valence-electron chi connectivity index (χ4n) is 0.929. The molecule has 0 aliphatic carbocycles. The first-order valence-corrected chi connectivity index (χ1v) is 4.80. The fourth-order valence-corrected chi connectivity index (χ4v) is 1.04. The molecule has 4 heteroatoms. The second-order valence-corrected chi connectivity index (χ2v) is 3.05. The molecule has 0 saturated carbocycles. The van der Waals surface area contributed by atoms with Crippen molar-refractivity contribution in [2.75, 3.05) is 18.6 Å². The Morgan fingerprint density at radius 2 is 2.43 bits per heavy atom. The zero-order valence-electron chi connectivity index (χ0n) is 7.95. The van der Waals surface area contributed by atoms with E-state index in [1.165, 1.54) is 7.11 Å². The largest absolute Gasteiger partial charge is 0.480 e. The van der Waals surface area contributed by atoms with E-state index in [1.54, 1.807) is 12.3 Å². The van der Waals surface area contributed by atoms with Crippen LogP contribution in [0.2, 0.25) is 0 Å². The van der Waals surface area contributed by atoms with Crippen molar-refractivity contribution in [2.24, 2.45) is 0 Å². The van der Waals surface area contributed by atoms with Gasteiger partial charge in [0.15, 0.2) is 0 Å². The van der Waals surface area contributed by atoms with Gasteiger partial charge in [-0.3, -0.25) is 0 Å². The van der Waals surface area contributed by atoms with Gasteiger partial charge in [0.2, 0.25) is 5.88 Å². The maximum Gasteiger partial charge on any atom is 0.236 e. The Hall–Kier alpha value is -1.34. The van der Waals surface area contributed by atoms with E-state index in [2.05, 4.69) is 29.5 Å². The van der Waals surface area contributed by atoms with Gasteiger partial charge in [-0.25, -0.2) is 4.98 Å². The summed E-state index contributed by atoms with van der Waals surface area (Å²) in [6.07, 6.45) is 2.40. The van der Waals surface area contributed by atoms with Crippen molar-refractivity contribution >= 4 is 18.3 Å². The molecule has 1 aromatic heterocycles. The molecule has 3 nitrogen and oxygen atoms in total. The van der Waals surface area contributed by atoms with E-state index >= 15 is 0 Å². The zero-order valence-corrected chi connectivity index (χ0v) is 8.84. The van der Waals surface area contributed by atoms with Gasteiger partial charge in [0.25, 0.3) is 0 Å². The molecule has 1 rings (SSSR count). The van der Waals surface area contributed by atoms with E-state index in [9.17, 15) is 0 Å². The first kappa shape index (κ1) is 10.7. The van der Waals surface area contributed by atoms with Crippen LogP contribution in [0.5, 0.6) is 5.88 Å². The highest BCUT2D eigenvalue weighted by atomic mass is 32.1. The summed E-state index contributed by atoms with van der Waals surface area (Å²) < 4.78 is 4.93. The zero-order chi connectivity index (χ0) is 10.4. The van der Waals surface area contributed by atoms with Crippen LogP contribution in [0.3, 0.4) is 0 Å². The molecule has 0 aliphatic heterocycles. The highest BCUT2D eigenvalue weighted by molar-refractivity contribution is 7.80. The van der Waals surface area contributed by atoms with Crippen molar-refractivity contribution in [3.8, 4) is 17.7 Å². The molecule has 1 heterocycles. The average molecular weight is 208 g/mol. The Labute approximate surface area is 89.1 Å². The van der Waals surface area contributed by atoms with Gasteiger partial charge < -0.3 is 10.5 Å². The van der Waals surface area contributed by atoms with Crippen molar-refractivity contribution in [1.29, 1.82) is 0 Å². The van der Waals surface area contributed by atoms with Gasteiger partial charge in [-0.2, -0.15) is 12.6 Å². The molecule has 0 spiro atoms. The van der Waals surface area contributed by atoms with Crippen LogP contribution in [0.1, 0.15) is 12.0 Å². The maximum absolute atomic E-state index is 5.67. The van der Waals surface area contributed by atoms with E-state index in [0.717, 1.165) is 17.7 Å². The number of methoxy groups -OCH3 is 1. The van der Waals surface area contributed by atoms with Crippen LogP contribution in [0.4, 0.5) is 5.69 Å². The highest BCUT2D eigenvalue weighted by Gasteiger charge is 1.99. The van der Waals surface area contributed by atoms with Crippen LogP contribution < -0.4 is 10.5 Å². The number of thiol groups is 1. The monoisotopic (exact) mass is 208 g/mol. The molecule has 0 unspecified atom stereocenters. The summed E-state index contributed by atoms with van der Waals surface area (Å²) in [5.41, 5.74) is 6.97. The fraction of sp³-hybridized carbons (Fsp3) is 0.300. The van der Waals surface area contributed by atoms with Crippen molar-refractivity contribution in [3.63, 3.8) is 0 Å². The molecule has 1 aromatic rings. The second kappa shape index (κ2) is 5.40. The van der Waals surface area contributed by atoms with Crippen LogP contribution >= 0.6 is 12.6 Å². The predicted molar refractivity (Wildman–Crippen MR) is 60.5 cm³/mol. The smallest absolute Gasteiger partial charge is 0.236 e. The summed E-state index contributed by atoms with van der Waals surface area (Å²) in [5.74, 6) is 7.09. The standard InChI is InChI=1S/C10H12N2OS/c1-13-10-9(11)6-8(7-12-10)4-2-3-5-14/h6-7,14H,3,5,11H2,1H3. The quantitative estimate of drug-likeness (QED) is 0.569. The summed E-state index contributed by atoms with van der Waals surface area (Å²) in [7, 11) is 1.53. The molecule has 2 N–H and O–H groups in total. The third-order valence-corrected chi connectivity index (χ3v) is 1.77. The van der Waals surface area contributed by atoms with Crippen molar-refractivity contribution in [1.82, 2.24) is 4.98 Å². The molecule has 0 aromatic carbocycles. The lowest BCUT2D eigenvalue weighted by Gasteiger charge is -2.01. The molecule has 0 aliphatic rings. The minimum atomic E-state index is 0.435. The number of hydrogen-bond donors (Lipinski definition) is 2. The molecule has 0 fully saturated rings. The van der Waals surface area contributed by atoms with Gasteiger partial charge in [0, 0.05) is 23.9 Å². The van der Waals surface area contributed by atoms with Crippen molar-refractivity contribution < 1.29 is 4.74 Å². The lowest BCUT2D eigenvalue weighted by Crippen LogP contribution is -1.95. The molecule has 0 amide bonds. The Morgan fingerprint density at radius 3 is 3.00 bits per heavy atom. The maximum atomic E-state index is 5.67. The SMILES string of the molecule is COc1ncc(C#CCCS)cc1N. The number of aromatic nitrogens is 1. The van der Waals surface area contributed by atoms with E-state index in [4.69, 9.17) is 10.5 Å². The van der Waals surface area contributed by atoms with Gasteiger partial charge >= 0.3 is 0 Å². The molecule has 0 bridgehead atoms. The summed E-state index contributed by atoms with van der Waals surface area (Å²) >= 11 is 4.06. The van der Waals surface area contributed by atoms with Crippen LogP contribution in [0, 0.1) is 11.8 Å². The van der Waals surface area contributed by atoms with Crippen LogP contribution in [-0.4, -0.2) is 17.8 Å². The summed E-state index contributed by atoms with van der Waals surface area (Å²) in [5, 5.41) is 0. The third kappa shape index (κ3) is 2.86. The van der Waals surface area contributed by atoms with E-state index in [-0.39, 0.29) is 0 Å². The van der Waals surface area contributed by atoms with Crippen LogP contribution in [-0.2, 0) is 0 Å². The predicted octanol–water partition coefficient (Wildman–Crippen LogP) is 1.34. The molecule has 0 saturated heterocycles. The number of hydrogen-bond acceptors (Lipinski definition) is 4. The molecular weight excluding hydrogens is 196 g/mol. The molecule has 0 radical (unpaired) electrons. The van der Waals surface area contributed by atoms with Gasteiger partial charge in [0.1, 0.15) is 0 Å². The molecule has 74 valence electrons. The molecular formula is C10H12N2OS. The topological polar surface area (TPSA) is 48.1 Å². The van der Waals surface area contributed by atoms with E-state index in [1.807, 2.05) is 0 Å². The van der Waals surface area contributed by atoms with Crippen LogP contribution in [0.25, 0.3) is 0 Å². The van der Waals surface area contributed by atoms with Gasteiger partial charge in [-0.1, -0.05) is 11.8 Å². The van der Waals surface area contributed by atoms with Crippen molar-refractivity contribution in [2.45, 2.75) is 6.42 Å². The Balaban J connectivity index is 2.82. The third-order valence-electron chi connectivity index (χ3n) is 1.54. The Bertz CT molecular complexity index is 368. The molecule has 14 heavy (non-hydrogen) atoms. The van der Waals surface area contributed by atoms with Crippen molar-refractivity contribution in [3.05, 3.63) is 17.8 Å². The first-order chi connectivity index (χ1) is 6.77. The summed E-state index contributed by atoms with van der Waals surface area (Å²) in [6, 6.07) is 1.75. The number of nitrogens with zero attached hydrogens (tertiary/aromatic N) is 1. The number of anilines is 1. The average Bonchev–Trinajstić information content (AvgIpc) is 2.18. The summed E-state index contributed by atoms with van der Waals surface area (Å²) in [6.45, 7) is 0. The second-order valence-electron chi connectivity index (χ2n) is 2.60. The normalized spacial score (nSPS) is 9.00. The van der Waals surface area contributed by atoms with E-state index < -0.39 is 0 Å². The minimum Gasteiger partial charge on any atom is -0.480 e. The lowest BCUT2D eigenvalue weighted by atomic mass is 10.2.